The minimum absolute atomic E-state index is 0.162. The molecule has 0 spiro atoms. The zero-order valence-corrected chi connectivity index (χ0v) is 11.3. The number of pyridine rings is 1. The third-order valence-corrected chi connectivity index (χ3v) is 3.81. The zero-order chi connectivity index (χ0) is 14.0. The molecule has 1 aliphatic rings. The largest absolute Gasteiger partial charge is 0.369 e. The summed E-state index contributed by atoms with van der Waals surface area (Å²) in [6, 6.07) is 4.29. The Morgan fingerprint density at radius 1 is 1.58 bits per heavy atom. The van der Waals surface area contributed by atoms with Crippen LogP contribution in [0.2, 0.25) is 0 Å². The lowest BCUT2D eigenvalue weighted by molar-refractivity contribution is -0.122. The van der Waals surface area contributed by atoms with Crippen LogP contribution >= 0.6 is 0 Å². The van der Waals surface area contributed by atoms with Crippen molar-refractivity contribution in [1.82, 2.24) is 4.98 Å². The molecule has 0 bridgehead atoms. The van der Waals surface area contributed by atoms with Gasteiger partial charge in [-0.2, -0.15) is 5.26 Å². The first kappa shape index (κ1) is 13.3. The second-order valence-electron chi connectivity index (χ2n) is 5.12. The van der Waals surface area contributed by atoms with Gasteiger partial charge in [-0.05, 0) is 38.3 Å². The number of carbonyl (C=O) groups excluding carboxylic acids is 1. The number of anilines is 1. The molecule has 1 amide bonds. The fraction of sp³-hybridized carbons (Fsp3) is 0.500. The van der Waals surface area contributed by atoms with Crippen LogP contribution in [0, 0.1) is 24.2 Å². The van der Waals surface area contributed by atoms with Crippen molar-refractivity contribution < 1.29 is 4.79 Å². The first-order valence-electron chi connectivity index (χ1n) is 6.46. The number of nitriles is 1. The van der Waals surface area contributed by atoms with Gasteiger partial charge in [-0.25, -0.2) is 4.98 Å². The lowest BCUT2D eigenvalue weighted by Crippen LogP contribution is -2.46. The van der Waals surface area contributed by atoms with Gasteiger partial charge >= 0.3 is 0 Å². The molecule has 1 aromatic heterocycles. The molecular weight excluding hydrogens is 240 g/mol. The highest BCUT2D eigenvalue weighted by Crippen LogP contribution is 2.29. The molecule has 2 N–H and O–H groups in total. The van der Waals surface area contributed by atoms with Crippen LogP contribution in [0.1, 0.15) is 30.9 Å². The van der Waals surface area contributed by atoms with E-state index in [1.54, 1.807) is 6.20 Å². The van der Waals surface area contributed by atoms with E-state index in [0.717, 1.165) is 18.4 Å². The fourth-order valence-corrected chi connectivity index (χ4v) is 2.53. The first-order chi connectivity index (χ1) is 9.04. The number of primary amides is 1. The van der Waals surface area contributed by atoms with Gasteiger partial charge in [0.05, 0.1) is 11.5 Å². The molecule has 5 heteroatoms. The Morgan fingerprint density at radius 2 is 2.32 bits per heavy atom. The van der Waals surface area contributed by atoms with Crippen molar-refractivity contribution in [2.45, 2.75) is 32.7 Å². The molecule has 0 radical (unpaired) electrons. The zero-order valence-electron chi connectivity index (χ0n) is 11.3. The number of nitrogens with two attached hydrogens (primary N) is 1. The van der Waals surface area contributed by atoms with E-state index in [0.29, 0.717) is 17.9 Å². The number of hydrogen-bond donors (Lipinski definition) is 1. The lowest BCUT2D eigenvalue weighted by atomic mass is 9.92. The van der Waals surface area contributed by atoms with Gasteiger partial charge in [0, 0.05) is 18.8 Å². The van der Waals surface area contributed by atoms with E-state index in [9.17, 15) is 10.1 Å². The number of amides is 1. The molecule has 2 unspecified atom stereocenters. The van der Waals surface area contributed by atoms with Gasteiger partial charge in [-0.15, -0.1) is 0 Å². The van der Waals surface area contributed by atoms with Crippen molar-refractivity contribution in [2.24, 2.45) is 11.7 Å². The van der Waals surface area contributed by atoms with Gasteiger partial charge in [-0.1, -0.05) is 0 Å². The number of piperidine rings is 1. The second kappa shape index (κ2) is 5.27. The van der Waals surface area contributed by atoms with Crippen molar-refractivity contribution in [3.8, 4) is 6.07 Å². The highest BCUT2D eigenvalue weighted by Gasteiger charge is 2.30. The molecule has 0 aromatic carbocycles. The van der Waals surface area contributed by atoms with Crippen LogP contribution in [0.25, 0.3) is 0 Å². The summed E-state index contributed by atoms with van der Waals surface area (Å²) in [5, 5.41) is 9.28. The molecule has 1 saturated heterocycles. The van der Waals surface area contributed by atoms with E-state index in [1.807, 2.05) is 17.9 Å². The number of nitrogens with zero attached hydrogens (tertiary/aromatic N) is 3. The summed E-state index contributed by atoms with van der Waals surface area (Å²) in [4.78, 5) is 17.7. The predicted octanol–water partition coefficient (Wildman–Crippen LogP) is 1.35. The van der Waals surface area contributed by atoms with Crippen LogP contribution in [-0.4, -0.2) is 23.5 Å². The summed E-state index contributed by atoms with van der Waals surface area (Å²) in [6.45, 7) is 4.52. The summed E-state index contributed by atoms with van der Waals surface area (Å²) in [7, 11) is 0. The minimum atomic E-state index is -0.275. The van der Waals surface area contributed by atoms with Gasteiger partial charge in [0.2, 0.25) is 5.91 Å². The molecule has 0 aliphatic carbocycles. The quantitative estimate of drug-likeness (QED) is 0.868. The highest BCUT2D eigenvalue weighted by molar-refractivity contribution is 5.77. The van der Waals surface area contributed by atoms with E-state index in [-0.39, 0.29) is 17.9 Å². The van der Waals surface area contributed by atoms with Crippen LogP contribution < -0.4 is 10.6 Å². The normalized spacial score (nSPS) is 22.9. The summed E-state index contributed by atoms with van der Waals surface area (Å²) in [6.07, 6.45) is 3.39. The van der Waals surface area contributed by atoms with Crippen molar-refractivity contribution in [3.05, 3.63) is 23.4 Å². The second-order valence-corrected chi connectivity index (χ2v) is 5.12. The minimum Gasteiger partial charge on any atom is -0.369 e. The predicted molar refractivity (Wildman–Crippen MR) is 72.4 cm³/mol. The van der Waals surface area contributed by atoms with E-state index in [1.165, 1.54) is 0 Å². The van der Waals surface area contributed by atoms with Crippen molar-refractivity contribution in [3.63, 3.8) is 0 Å². The standard InChI is InChI=1S/C14H18N4O/c1-9-5-6-17-14(12(9)7-15)18-8-11(13(16)19)4-3-10(18)2/h5-6,10-11H,3-4,8H2,1-2H3,(H2,16,19). The van der Waals surface area contributed by atoms with Gasteiger partial charge in [0.1, 0.15) is 11.9 Å². The maximum absolute atomic E-state index is 11.4. The topological polar surface area (TPSA) is 83.0 Å². The Hall–Kier alpha value is -2.09. The molecule has 100 valence electrons. The smallest absolute Gasteiger partial charge is 0.222 e. The Labute approximate surface area is 113 Å². The molecule has 19 heavy (non-hydrogen) atoms. The van der Waals surface area contributed by atoms with E-state index in [2.05, 4.69) is 18.0 Å². The average molecular weight is 258 g/mol. The van der Waals surface area contributed by atoms with E-state index >= 15 is 0 Å². The molecule has 0 saturated carbocycles. The van der Waals surface area contributed by atoms with Crippen molar-refractivity contribution in [1.29, 1.82) is 5.26 Å². The van der Waals surface area contributed by atoms with Gasteiger partial charge in [0.25, 0.3) is 0 Å². The Morgan fingerprint density at radius 3 is 2.95 bits per heavy atom. The van der Waals surface area contributed by atoms with Crippen LogP contribution in [0.3, 0.4) is 0 Å². The van der Waals surface area contributed by atoms with Crippen LogP contribution in [0.4, 0.5) is 5.82 Å². The SMILES string of the molecule is Cc1ccnc(N2CC(C(N)=O)CCC2C)c1C#N. The Balaban J connectivity index is 2.37. The number of hydrogen-bond acceptors (Lipinski definition) is 4. The molecular formula is C14H18N4O. The third kappa shape index (κ3) is 2.53. The van der Waals surface area contributed by atoms with Gasteiger partial charge in [0.15, 0.2) is 0 Å². The summed E-state index contributed by atoms with van der Waals surface area (Å²) < 4.78 is 0. The van der Waals surface area contributed by atoms with Crippen LogP contribution in [0.15, 0.2) is 12.3 Å². The molecule has 5 nitrogen and oxygen atoms in total. The molecule has 2 rings (SSSR count). The number of aromatic nitrogens is 1. The molecule has 1 aliphatic heterocycles. The summed E-state index contributed by atoms with van der Waals surface area (Å²) in [5.74, 6) is 0.231. The Kier molecular flexibility index (Phi) is 3.70. The maximum atomic E-state index is 11.4. The van der Waals surface area contributed by atoms with Crippen molar-refractivity contribution >= 4 is 11.7 Å². The molecule has 1 aromatic rings. The third-order valence-electron chi connectivity index (χ3n) is 3.81. The Bertz CT molecular complexity index is 535. The summed E-state index contributed by atoms with van der Waals surface area (Å²) >= 11 is 0. The molecule has 2 heterocycles. The average Bonchev–Trinajstić information content (AvgIpc) is 2.38. The maximum Gasteiger partial charge on any atom is 0.222 e. The van der Waals surface area contributed by atoms with Gasteiger partial charge in [-0.3, -0.25) is 4.79 Å². The van der Waals surface area contributed by atoms with E-state index in [4.69, 9.17) is 5.73 Å². The summed E-state index contributed by atoms with van der Waals surface area (Å²) in [5.41, 5.74) is 6.89. The van der Waals surface area contributed by atoms with Crippen molar-refractivity contribution in [2.75, 3.05) is 11.4 Å². The van der Waals surface area contributed by atoms with Gasteiger partial charge < -0.3 is 10.6 Å². The van der Waals surface area contributed by atoms with Crippen LogP contribution in [-0.2, 0) is 4.79 Å². The van der Waals surface area contributed by atoms with E-state index < -0.39 is 0 Å². The number of carbonyl (C=O) groups is 1. The molecule has 2 atom stereocenters. The highest BCUT2D eigenvalue weighted by atomic mass is 16.1. The number of aryl methyl sites for hydroxylation is 1. The first-order valence-corrected chi connectivity index (χ1v) is 6.46. The monoisotopic (exact) mass is 258 g/mol. The molecule has 1 fully saturated rings. The number of rotatable bonds is 2. The van der Waals surface area contributed by atoms with Crippen LogP contribution in [0.5, 0.6) is 0 Å². The lowest BCUT2D eigenvalue weighted by Gasteiger charge is -2.38. The fourth-order valence-electron chi connectivity index (χ4n) is 2.53.